The predicted molar refractivity (Wildman–Crippen MR) is 79.5 cm³/mol. The van der Waals surface area contributed by atoms with Crippen molar-refractivity contribution in [2.45, 2.75) is 12.5 Å². The van der Waals surface area contributed by atoms with Crippen molar-refractivity contribution in [2.75, 3.05) is 19.0 Å². The molecular formula is C13H17ClCuN3O3+. The van der Waals surface area contributed by atoms with E-state index in [0.717, 1.165) is 11.3 Å². The third-order valence-electron chi connectivity index (χ3n) is 2.49. The molecule has 0 radical (unpaired) electrons. The fraction of sp³-hybridized carbons (Fsp3) is 0.308. The molecule has 1 atom stereocenters. The van der Waals surface area contributed by atoms with E-state index in [1.807, 2.05) is 43.3 Å². The summed E-state index contributed by atoms with van der Waals surface area (Å²) in [6.45, 7) is 0. The maximum absolute atomic E-state index is 10.9. The van der Waals surface area contributed by atoms with E-state index in [1.54, 1.807) is 0 Å². The summed E-state index contributed by atoms with van der Waals surface area (Å²) in [5.41, 5.74) is 6.77. The third-order valence-corrected chi connectivity index (χ3v) is 2.49. The van der Waals surface area contributed by atoms with Crippen LogP contribution in [0.5, 0.6) is 0 Å². The second-order valence-electron chi connectivity index (χ2n) is 4.29. The fourth-order valence-corrected chi connectivity index (χ4v) is 1.43. The first-order valence-corrected chi connectivity index (χ1v) is 7.13. The quantitative estimate of drug-likeness (QED) is 0.587. The van der Waals surface area contributed by atoms with E-state index in [2.05, 4.69) is 30.2 Å². The second kappa shape index (κ2) is 10.2. The number of nitrogens with two attached hydrogens (primary N) is 1. The molecule has 1 amide bonds. The summed E-state index contributed by atoms with van der Waals surface area (Å²) in [6, 6.07) is 6.30. The summed E-state index contributed by atoms with van der Waals surface area (Å²) in [5.74, 6) is -1.85. The van der Waals surface area contributed by atoms with Crippen LogP contribution in [-0.2, 0) is 24.7 Å². The molecule has 0 spiro atoms. The zero-order valence-electron chi connectivity index (χ0n) is 11.6. The van der Waals surface area contributed by atoms with Gasteiger partial charge in [0.25, 0.3) is 0 Å². The Morgan fingerprint density at radius 2 is 1.90 bits per heavy atom. The molecule has 0 saturated carbocycles. The molecule has 0 bridgehead atoms. The number of primary amides is 1. The number of hydrogen-bond acceptors (Lipinski definition) is 4. The Morgan fingerprint density at radius 3 is 2.29 bits per heavy atom. The van der Waals surface area contributed by atoms with Gasteiger partial charge in [0, 0.05) is 26.0 Å². The van der Waals surface area contributed by atoms with Crippen LogP contribution >= 0.6 is 10.1 Å². The van der Waals surface area contributed by atoms with E-state index in [9.17, 15) is 9.59 Å². The maximum atomic E-state index is 10.9. The summed E-state index contributed by atoms with van der Waals surface area (Å²) < 4.78 is 0. The van der Waals surface area contributed by atoms with Gasteiger partial charge < -0.3 is 15.7 Å². The first kappa shape index (κ1) is 19.4. The van der Waals surface area contributed by atoms with Crippen LogP contribution in [0.4, 0.5) is 5.69 Å². The normalized spacial score (nSPS) is 11.5. The number of carboxylic acid groups (broad SMARTS) is 1. The SMILES string of the molecule is CN(C)c1ccc(C=NC(CC(N)=O)C(=O)O)cc1.[Cl][Cu+]. The Labute approximate surface area is 136 Å². The molecule has 1 aromatic rings. The zero-order valence-corrected chi connectivity index (χ0v) is 13.3. The van der Waals surface area contributed by atoms with Crippen molar-refractivity contribution >= 4 is 33.9 Å². The second-order valence-corrected chi connectivity index (χ2v) is 4.29. The summed E-state index contributed by atoms with van der Waals surface area (Å²) in [7, 11) is 8.06. The molecule has 1 unspecified atom stereocenters. The number of carboxylic acids is 1. The van der Waals surface area contributed by atoms with Crippen molar-refractivity contribution < 1.29 is 29.8 Å². The molecule has 1 rings (SSSR count). The van der Waals surface area contributed by atoms with Gasteiger partial charge in [-0.15, -0.1) is 0 Å². The molecule has 0 fully saturated rings. The summed E-state index contributed by atoms with van der Waals surface area (Å²) in [5, 5.41) is 8.89. The number of rotatable bonds is 6. The van der Waals surface area contributed by atoms with E-state index in [-0.39, 0.29) is 6.42 Å². The van der Waals surface area contributed by atoms with Gasteiger partial charge in [-0.1, -0.05) is 12.1 Å². The van der Waals surface area contributed by atoms with Crippen LogP contribution in [0.25, 0.3) is 0 Å². The number of benzene rings is 1. The molecule has 0 aliphatic heterocycles. The molecule has 0 aliphatic rings. The molecule has 1 aromatic carbocycles. The van der Waals surface area contributed by atoms with Crippen LogP contribution in [-0.4, -0.2) is 43.3 Å². The van der Waals surface area contributed by atoms with Crippen LogP contribution in [0, 0.1) is 0 Å². The van der Waals surface area contributed by atoms with Crippen molar-refractivity contribution in [3.63, 3.8) is 0 Å². The molecule has 0 saturated heterocycles. The van der Waals surface area contributed by atoms with Crippen molar-refractivity contribution in [1.29, 1.82) is 0 Å². The van der Waals surface area contributed by atoms with Crippen LogP contribution in [0.3, 0.4) is 0 Å². The molecular weight excluding hydrogens is 345 g/mol. The van der Waals surface area contributed by atoms with Crippen LogP contribution < -0.4 is 10.6 Å². The average molecular weight is 362 g/mol. The van der Waals surface area contributed by atoms with E-state index < -0.39 is 17.9 Å². The molecule has 8 heteroatoms. The number of amides is 1. The van der Waals surface area contributed by atoms with E-state index in [4.69, 9.17) is 10.8 Å². The van der Waals surface area contributed by atoms with Crippen LogP contribution in [0.1, 0.15) is 12.0 Å². The minimum atomic E-state index is -1.17. The van der Waals surface area contributed by atoms with Crippen molar-refractivity contribution in [3.8, 4) is 0 Å². The number of anilines is 1. The van der Waals surface area contributed by atoms with Gasteiger partial charge >= 0.3 is 31.2 Å². The minimum absolute atomic E-state index is 0.304. The number of aliphatic carboxylic acids is 1. The predicted octanol–water partition coefficient (Wildman–Crippen LogP) is 1.19. The standard InChI is InChI=1S/C13H17N3O3.ClH.Cu/c1-16(2)10-5-3-9(4-6-10)8-15-11(13(18)19)7-12(14)17;;/h3-6,8,11H,7H2,1-2H3,(H2,14,17)(H,18,19);1H;/q;;+2/p-1. The number of hydrogen-bond donors (Lipinski definition) is 2. The summed E-state index contributed by atoms with van der Waals surface area (Å²) in [4.78, 5) is 27.4. The zero-order chi connectivity index (χ0) is 16.4. The number of carbonyl (C=O) groups is 2. The molecule has 21 heavy (non-hydrogen) atoms. The van der Waals surface area contributed by atoms with Crippen molar-refractivity contribution in [3.05, 3.63) is 29.8 Å². The van der Waals surface area contributed by atoms with E-state index in [1.165, 1.54) is 6.21 Å². The van der Waals surface area contributed by atoms with Gasteiger partial charge in [-0.05, 0) is 17.7 Å². The fourth-order valence-electron chi connectivity index (χ4n) is 1.43. The summed E-state index contributed by atoms with van der Waals surface area (Å²) in [6.07, 6.45) is 1.13. The van der Waals surface area contributed by atoms with Gasteiger partial charge in [-0.2, -0.15) is 0 Å². The number of carbonyl (C=O) groups excluding carboxylic acids is 1. The molecule has 119 valence electrons. The Balaban J connectivity index is 0.00000191. The van der Waals surface area contributed by atoms with Gasteiger partial charge in [0.1, 0.15) is 0 Å². The number of halogens is 1. The Kier molecular flexibility index (Phi) is 9.45. The Hall–Kier alpha value is -1.56. The van der Waals surface area contributed by atoms with Gasteiger partial charge in [0.2, 0.25) is 5.91 Å². The van der Waals surface area contributed by atoms with Crippen molar-refractivity contribution in [1.82, 2.24) is 0 Å². The molecule has 0 aliphatic carbocycles. The molecule has 0 aromatic heterocycles. The summed E-state index contributed by atoms with van der Waals surface area (Å²) >= 11 is 3.66. The van der Waals surface area contributed by atoms with Crippen LogP contribution in [0.15, 0.2) is 29.3 Å². The van der Waals surface area contributed by atoms with Gasteiger partial charge in [-0.25, -0.2) is 4.79 Å². The average Bonchev–Trinajstić information content (AvgIpc) is 2.45. The van der Waals surface area contributed by atoms with Crippen molar-refractivity contribution in [2.24, 2.45) is 10.7 Å². The van der Waals surface area contributed by atoms with E-state index >= 15 is 0 Å². The number of aliphatic imine (C=N–C) groups is 1. The molecule has 0 heterocycles. The van der Waals surface area contributed by atoms with Gasteiger partial charge in [0.15, 0.2) is 6.04 Å². The van der Waals surface area contributed by atoms with Gasteiger partial charge in [0.05, 0.1) is 6.42 Å². The van der Waals surface area contributed by atoms with E-state index in [0.29, 0.717) is 0 Å². The first-order valence-electron chi connectivity index (χ1n) is 5.83. The monoisotopic (exact) mass is 361 g/mol. The Bertz CT molecular complexity index is 492. The topological polar surface area (TPSA) is 96.0 Å². The molecule has 6 nitrogen and oxygen atoms in total. The third kappa shape index (κ3) is 7.70. The number of nitrogens with zero attached hydrogens (tertiary/aromatic N) is 2. The first-order chi connectivity index (χ1) is 9.90. The Morgan fingerprint density at radius 1 is 1.38 bits per heavy atom. The van der Waals surface area contributed by atoms with Crippen LogP contribution in [0.2, 0.25) is 0 Å². The molecule has 3 N–H and O–H groups in total. The van der Waals surface area contributed by atoms with Gasteiger partial charge in [-0.3, -0.25) is 9.79 Å².